The number of para-hydroxylation sites is 1. The number of rotatable bonds is 5. The van der Waals surface area contributed by atoms with Crippen molar-refractivity contribution in [3.63, 3.8) is 0 Å². The number of ketones is 1. The van der Waals surface area contributed by atoms with Gasteiger partial charge in [0.1, 0.15) is 0 Å². The van der Waals surface area contributed by atoms with Gasteiger partial charge in [-0.3, -0.25) is 9.59 Å². The largest absolute Gasteiger partial charge is 0.322 e. The highest BCUT2D eigenvalue weighted by Gasteiger charge is 2.18. The highest BCUT2D eigenvalue weighted by Crippen LogP contribution is 2.20. The maximum atomic E-state index is 12.7. The van der Waals surface area contributed by atoms with E-state index in [1.807, 2.05) is 60.7 Å². The lowest BCUT2D eigenvalue weighted by Gasteiger charge is -2.10. The van der Waals surface area contributed by atoms with Crippen molar-refractivity contribution in [2.75, 3.05) is 5.32 Å². The van der Waals surface area contributed by atoms with Crippen LogP contribution < -0.4 is 5.32 Å². The van der Waals surface area contributed by atoms with Crippen molar-refractivity contribution in [1.29, 1.82) is 0 Å². The van der Waals surface area contributed by atoms with Gasteiger partial charge >= 0.3 is 0 Å². The third-order valence-electron chi connectivity index (χ3n) is 3.77. The van der Waals surface area contributed by atoms with Crippen molar-refractivity contribution in [2.24, 2.45) is 0 Å². The topological polar surface area (TPSA) is 46.2 Å². The van der Waals surface area contributed by atoms with Crippen LogP contribution in [0.5, 0.6) is 0 Å². The Hall–Kier alpha value is -2.72. The predicted molar refractivity (Wildman–Crippen MR) is 103 cm³/mol. The number of nitrogens with one attached hydrogen (secondary N) is 1. The molecular formula is C21H16BrNO2. The second-order valence-electron chi connectivity index (χ2n) is 5.60. The molecule has 0 aliphatic rings. The van der Waals surface area contributed by atoms with Crippen molar-refractivity contribution < 1.29 is 9.59 Å². The molecule has 124 valence electrons. The molecule has 3 aromatic rings. The van der Waals surface area contributed by atoms with Gasteiger partial charge in [-0.15, -0.1) is 0 Å². The first-order valence-corrected chi connectivity index (χ1v) is 8.66. The molecule has 0 aliphatic carbocycles. The van der Waals surface area contributed by atoms with Crippen LogP contribution in [-0.4, -0.2) is 11.7 Å². The molecule has 1 N–H and O–H groups in total. The van der Waals surface area contributed by atoms with Crippen molar-refractivity contribution in [1.82, 2.24) is 0 Å². The third-order valence-corrected chi connectivity index (χ3v) is 4.26. The van der Waals surface area contributed by atoms with Gasteiger partial charge in [-0.05, 0) is 35.9 Å². The molecule has 3 aromatic carbocycles. The zero-order chi connectivity index (χ0) is 17.6. The Balaban J connectivity index is 1.87. The van der Waals surface area contributed by atoms with Gasteiger partial charge in [0.2, 0.25) is 0 Å². The molecule has 25 heavy (non-hydrogen) atoms. The van der Waals surface area contributed by atoms with E-state index in [4.69, 9.17) is 0 Å². The quantitative estimate of drug-likeness (QED) is 0.610. The minimum atomic E-state index is -0.296. The van der Waals surface area contributed by atoms with E-state index in [0.717, 1.165) is 10.0 Å². The van der Waals surface area contributed by atoms with Gasteiger partial charge in [-0.1, -0.05) is 64.5 Å². The van der Waals surface area contributed by atoms with Gasteiger partial charge in [-0.2, -0.15) is 0 Å². The summed E-state index contributed by atoms with van der Waals surface area (Å²) in [6.45, 7) is 0. The van der Waals surface area contributed by atoms with Gasteiger partial charge in [0.05, 0.1) is 5.56 Å². The van der Waals surface area contributed by atoms with Crippen LogP contribution in [-0.2, 0) is 6.42 Å². The molecule has 0 atom stereocenters. The lowest BCUT2D eigenvalue weighted by atomic mass is 9.98. The van der Waals surface area contributed by atoms with E-state index in [1.165, 1.54) is 0 Å². The van der Waals surface area contributed by atoms with E-state index in [9.17, 15) is 9.59 Å². The number of carbonyl (C=O) groups excluding carboxylic acids is 2. The smallest absolute Gasteiger partial charge is 0.256 e. The van der Waals surface area contributed by atoms with Gasteiger partial charge in [0, 0.05) is 22.1 Å². The first-order valence-electron chi connectivity index (χ1n) is 7.86. The van der Waals surface area contributed by atoms with E-state index in [-0.39, 0.29) is 18.1 Å². The third kappa shape index (κ3) is 4.43. The molecule has 0 saturated heterocycles. The maximum absolute atomic E-state index is 12.7. The van der Waals surface area contributed by atoms with E-state index in [2.05, 4.69) is 21.2 Å². The van der Waals surface area contributed by atoms with Gasteiger partial charge in [0.25, 0.3) is 5.91 Å². The summed E-state index contributed by atoms with van der Waals surface area (Å²) < 4.78 is 0.764. The fourth-order valence-electron chi connectivity index (χ4n) is 2.54. The number of amides is 1. The number of hydrogen-bond acceptors (Lipinski definition) is 2. The fraction of sp³-hybridized carbons (Fsp3) is 0.0476. The molecule has 0 spiro atoms. The molecule has 0 radical (unpaired) electrons. The molecule has 4 heteroatoms. The summed E-state index contributed by atoms with van der Waals surface area (Å²) >= 11 is 3.38. The molecule has 0 fully saturated rings. The standard InChI is InChI=1S/C21H16BrNO2/c22-16-11-12-18(21(25)23-17-9-5-2-6-10-17)19(14-16)20(24)13-15-7-3-1-4-8-15/h1-12,14H,13H2,(H,23,25). The Morgan fingerprint density at radius 3 is 2.12 bits per heavy atom. The first-order chi connectivity index (χ1) is 12.1. The van der Waals surface area contributed by atoms with Crippen LogP contribution in [0.1, 0.15) is 26.3 Å². The van der Waals surface area contributed by atoms with Crippen molar-refractivity contribution in [3.8, 4) is 0 Å². The van der Waals surface area contributed by atoms with Gasteiger partial charge in [0.15, 0.2) is 5.78 Å². The molecule has 3 nitrogen and oxygen atoms in total. The Morgan fingerprint density at radius 2 is 1.44 bits per heavy atom. The average molecular weight is 394 g/mol. The Bertz CT molecular complexity index is 892. The van der Waals surface area contributed by atoms with Crippen LogP contribution in [0.2, 0.25) is 0 Å². The van der Waals surface area contributed by atoms with Crippen LogP contribution in [0.3, 0.4) is 0 Å². The van der Waals surface area contributed by atoms with E-state index >= 15 is 0 Å². The number of anilines is 1. The predicted octanol–water partition coefficient (Wildman–Crippen LogP) is 5.13. The number of benzene rings is 3. The summed E-state index contributed by atoms with van der Waals surface area (Å²) in [5.41, 5.74) is 2.39. The minimum Gasteiger partial charge on any atom is -0.322 e. The van der Waals surface area contributed by atoms with Crippen LogP contribution in [0.15, 0.2) is 83.3 Å². The Labute approximate surface area is 154 Å². The molecule has 3 rings (SSSR count). The Kier molecular flexibility index (Phi) is 5.41. The van der Waals surface area contributed by atoms with E-state index < -0.39 is 0 Å². The molecular weight excluding hydrogens is 378 g/mol. The summed E-state index contributed by atoms with van der Waals surface area (Å²) in [5, 5.41) is 2.83. The van der Waals surface area contributed by atoms with Crippen LogP contribution in [0.25, 0.3) is 0 Å². The molecule has 1 amide bonds. The second kappa shape index (κ2) is 7.90. The SMILES string of the molecule is O=C(Cc1ccccc1)c1cc(Br)ccc1C(=O)Nc1ccccc1. The molecule has 0 heterocycles. The Morgan fingerprint density at radius 1 is 0.800 bits per heavy atom. The van der Waals surface area contributed by atoms with Crippen LogP contribution in [0.4, 0.5) is 5.69 Å². The van der Waals surface area contributed by atoms with Crippen molar-refractivity contribution in [2.45, 2.75) is 6.42 Å². The first kappa shape index (κ1) is 17.1. The summed E-state index contributed by atoms with van der Waals surface area (Å²) in [6.07, 6.45) is 0.253. The second-order valence-corrected chi connectivity index (χ2v) is 6.51. The molecule has 0 bridgehead atoms. The van der Waals surface area contributed by atoms with E-state index in [0.29, 0.717) is 16.8 Å². The minimum absolute atomic E-state index is 0.0919. The van der Waals surface area contributed by atoms with Gasteiger partial charge < -0.3 is 5.32 Å². The zero-order valence-electron chi connectivity index (χ0n) is 13.4. The van der Waals surface area contributed by atoms with E-state index in [1.54, 1.807) is 18.2 Å². The molecule has 0 saturated carbocycles. The van der Waals surface area contributed by atoms with Crippen molar-refractivity contribution in [3.05, 3.63) is 100 Å². The molecule has 0 unspecified atom stereocenters. The molecule has 0 aromatic heterocycles. The highest BCUT2D eigenvalue weighted by molar-refractivity contribution is 9.10. The fourth-order valence-corrected chi connectivity index (χ4v) is 2.90. The maximum Gasteiger partial charge on any atom is 0.256 e. The molecule has 0 aliphatic heterocycles. The number of hydrogen-bond donors (Lipinski definition) is 1. The lowest BCUT2D eigenvalue weighted by Crippen LogP contribution is -2.17. The van der Waals surface area contributed by atoms with Gasteiger partial charge in [-0.25, -0.2) is 0 Å². The summed E-state index contributed by atoms with van der Waals surface area (Å²) in [6, 6.07) is 23.8. The summed E-state index contributed by atoms with van der Waals surface area (Å²) in [5.74, 6) is -0.388. The normalized spacial score (nSPS) is 10.3. The summed E-state index contributed by atoms with van der Waals surface area (Å²) in [4.78, 5) is 25.4. The zero-order valence-corrected chi connectivity index (χ0v) is 15.0. The number of carbonyl (C=O) groups is 2. The summed E-state index contributed by atoms with van der Waals surface area (Å²) in [7, 11) is 0. The van der Waals surface area contributed by atoms with Crippen LogP contribution in [0, 0.1) is 0 Å². The average Bonchev–Trinajstić information content (AvgIpc) is 2.63. The monoisotopic (exact) mass is 393 g/mol. The van der Waals surface area contributed by atoms with Crippen molar-refractivity contribution >= 4 is 33.3 Å². The number of halogens is 1. The number of Topliss-reactive ketones (excluding diaryl/α,β-unsaturated/α-hetero) is 1. The lowest BCUT2D eigenvalue weighted by molar-refractivity contribution is 0.0972. The van der Waals surface area contributed by atoms with Crippen LogP contribution >= 0.6 is 15.9 Å². The highest BCUT2D eigenvalue weighted by atomic mass is 79.9.